The smallest absolute Gasteiger partial charge is 0.326 e. The van der Waals surface area contributed by atoms with E-state index < -0.39 is 32.9 Å². The largest absolute Gasteiger partial charge is 0.493 e. The molecule has 0 saturated carbocycles. The van der Waals surface area contributed by atoms with Crippen molar-refractivity contribution in [3.05, 3.63) is 23.8 Å². The molecule has 9 heteroatoms. The van der Waals surface area contributed by atoms with Crippen LogP contribution >= 0.6 is 0 Å². The molecule has 27 heavy (non-hydrogen) atoms. The summed E-state index contributed by atoms with van der Waals surface area (Å²) in [5, 5.41) is 9.85. The number of carbonyl (C=O) groups excluding carboxylic acids is 1. The predicted octanol–water partition coefficient (Wildman–Crippen LogP) is 1.67. The molecule has 1 atom stereocenters. The lowest BCUT2D eigenvalue weighted by molar-refractivity contribution is -0.169. The fourth-order valence-electron chi connectivity index (χ4n) is 3.15. The van der Waals surface area contributed by atoms with E-state index in [0.717, 1.165) is 30.4 Å². The molecule has 1 aliphatic rings. The number of esters is 1. The van der Waals surface area contributed by atoms with Crippen LogP contribution in [0.2, 0.25) is 0 Å². The normalized spacial score (nSPS) is 16.8. The summed E-state index contributed by atoms with van der Waals surface area (Å²) in [6.45, 7) is 4.47. The summed E-state index contributed by atoms with van der Waals surface area (Å²) in [7, 11) is -1.92. The van der Waals surface area contributed by atoms with Crippen molar-refractivity contribution in [3.8, 4) is 5.75 Å². The van der Waals surface area contributed by atoms with Gasteiger partial charge in [0.05, 0.1) is 24.0 Å². The summed E-state index contributed by atoms with van der Waals surface area (Å²) in [5.41, 5.74) is -2.97. The van der Waals surface area contributed by atoms with Crippen molar-refractivity contribution >= 4 is 22.0 Å². The Kier molecular flexibility index (Phi) is 5.58. The Morgan fingerprint density at radius 2 is 1.89 bits per heavy atom. The molecule has 0 unspecified atom stereocenters. The van der Waals surface area contributed by atoms with E-state index in [9.17, 15) is 23.1 Å². The number of fused-ring (bicyclic) bond motifs is 1. The number of aliphatic carboxylic acids is 1. The van der Waals surface area contributed by atoms with E-state index >= 15 is 0 Å². The lowest BCUT2D eigenvalue weighted by Crippen LogP contribution is -2.64. The SMILES string of the molecule is COC(=O)C(C)(C)[C@@](C)(C(=O)O)N(C)S(=O)(=O)c1ccc2c(c1)CCCO2. The number of carbonyl (C=O) groups is 2. The number of benzene rings is 1. The highest BCUT2D eigenvalue weighted by molar-refractivity contribution is 7.89. The van der Waals surface area contributed by atoms with Gasteiger partial charge in [0.15, 0.2) is 0 Å². The molecule has 2 rings (SSSR count). The minimum absolute atomic E-state index is 0.0533. The van der Waals surface area contributed by atoms with Gasteiger partial charge in [-0.1, -0.05) is 0 Å². The van der Waals surface area contributed by atoms with Crippen molar-refractivity contribution in [3.63, 3.8) is 0 Å². The molecular formula is C18H25NO7S. The maximum absolute atomic E-state index is 13.2. The van der Waals surface area contributed by atoms with Gasteiger partial charge < -0.3 is 14.6 Å². The first-order chi connectivity index (χ1) is 12.4. The summed E-state index contributed by atoms with van der Waals surface area (Å²) in [4.78, 5) is 24.3. The first-order valence-electron chi connectivity index (χ1n) is 8.47. The minimum Gasteiger partial charge on any atom is -0.493 e. The van der Waals surface area contributed by atoms with Crippen molar-refractivity contribution in [2.45, 2.75) is 44.0 Å². The number of carboxylic acids is 1. The van der Waals surface area contributed by atoms with E-state index in [1.807, 2.05) is 0 Å². The Bertz CT molecular complexity index is 862. The molecule has 8 nitrogen and oxygen atoms in total. The van der Waals surface area contributed by atoms with Crippen LogP contribution in [0.5, 0.6) is 5.75 Å². The van der Waals surface area contributed by atoms with E-state index in [4.69, 9.17) is 9.47 Å². The van der Waals surface area contributed by atoms with Gasteiger partial charge in [-0.05, 0) is 57.4 Å². The zero-order chi connectivity index (χ0) is 20.6. The number of hydrogen-bond acceptors (Lipinski definition) is 6. The van der Waals surface area contributed by atoms with E-state index in [0.29, 0.717) is 18.8 Å². The molecule has 0 aliphatic carbocycles. The van der Waals surface area contributed by atoms with Gasteiger partial charge in [-0.3, -0.25) is 9.59 Å². The second-order valence-electron chi connectivity index (χ2n) is 7.19. The number of aryl methyl sites for hydroxylation is 1. The highest BCUT2D eigenvalue weighted by Crippen LogP contribution is 2.40. The van der Waals surface area contributed by atoms with Gasteiger partial charge in [0, 0.05) is 7.05 Å². The molecule has 1 heterocycles. The van der Waals surface area contributed by atoms with Crippen molar-refractivity contribution in [2.24, 2.45) is 5.41 Å². The molecular weight excluding hydrogens is 374 g/mol. The first-order valence-corrected chi connectivity index (χ1v) is 9.91. The van der Waals surface area contributed by atoms with Gasteiger partial charge in [-0.2, -0.15) is 4.31 Å². The van der Waals surface area contributed by atoms with Gasteiger partial charge in [0.1, 0.15) is 11.3 Å². The Morgan fingerprint density at radius 1 is 1.26 bits per heavy atom. The van der Waals surface area contributed by atoms with E-state index in [1.165, 1.54) is 32.9 Å². The lowest BCUT2D eigenvalue weighted by atomic mass is 9.73. The number of hydrogen-bond donors (Lipinski definition) is 1. The number of likely N-dealkylation sites (N-methyl/N-ethyl adjacent to an activating group) is 1. The Labute approximate surface area is 159 Å². The summed E-state index contributed by atoms with van der Waals surface area (Å²) in [6, 6.07) is 4.44. The highest BCUT2D eigenvalue weighted by Gasteiger charge is 2.59. The van der Waals surface area contributed by atoms with Crippen LogP contribution in [0, 0.1) is 5.41 Å². The number of methoxy groups -OCH3 is 1. The van der Waals surface area contributed by atoms with Crippen LogP contribution in [0.1, 0.15) is 32.8 Å². The second kappa shape index (κ2) is 7.12. The van der Waals surface area contributed by atoms with Crippen LogP contribution in [0.3, 0.4) is 0 Å². The van der Waals surface area contributed by atoms with Gasteiger partial charge >= 0.3 is 11.9 Å². The summed E-state index contributed by atoms with van der Waals surface area (Å²) < 4.78 is 37.3. The first kappa shape index (κ1) is 21.2. The molecule has 1 aromatic rings. The molecule has 0 saturated heterocycles. The average Bonchev–Trinajstić information content (AvgIpc) is 2.64. The van der Waals surface area contributed by atoms with Crippen molar-refractivity contribution < 1.29 is 32.6 Å². The molecule has 1 N–H and O–H groups in total. The van der Waals surface area contributed by atoms with Gasteiger partial charge in [0.25, 0.3) is 0 Å². The molecule has 1 aromatic carbocycles. The van der Waals surface area contributed by atoms with Crippen LogP contribution in [0.15, 0.2) is 23.1 Å². The summed E-state index contributed by atoms with van der Waals surface area (Å²) in [5.74, 6) is -1.66. The average molecular weight is 399 g/mol. The molecule has 0 amide bonds. The molecule has 0 bridgehead atoms. The number of sulfonamides is 1. The molecule has 150 valence electrons. The number of rotatable bonds is 6. The fourth-order valence-corrected chi connectivity index (χ4v) is 4.78. The third-order valence-electron chi connectivity index (χ3n) is 5.50. The standard InChI is InChI=1S/C18H25NO7S/c1-17(2,16(22)25-5)18(3,15(20)21)19(4)27(23,24)13-8-9-14-12(11-13)7-6-10-26-14/h8-9,11H,6-7,10H2,1-5H3,(H,20,21)/t18-/m1/s1. The van der Waals surface area contributed by atoms with Gasteiger partial charge in [-0.25, -0.2) is 8.42 Å². The quantitative estimate of drug-likeness (QED) is 0.725. The molecule has 0 spiro atoms. The Morgan fingerprint density at radius 3 is 2.44 bits per heavy atom. The summed E-state index contributed by atoms with van der Waals surface area (Å²) >= 11 is 0. The Hall–Kier alpha value is -2.13. The van der Waals surface area contributed by atoms with Crippen LogP contribution in [0.25, 0.3) is 0 Å². The van der Waals surface area contributed by atoms with Crippen LogP contribution < -0.4 is 4.74 Å². The zero-order valence-corrected chi connectivity index (χ0v) is 16.9. The molecule has 1 aliphatic heterocycles. The lowest BCUT2D eigenvalue weighted by Gasteiger charge is -2.43. The monoisotopic (exact) mass is 399 g/mol. The summed E-state index contributed by atoms with van der Waals surface area (Å²) in [6.07, 6.45) is 1.45. The Balaban J connectivity index is 2.56. The number of carboxylic acid groups (broad SMARTS) is 1. The molecule has 0 fully saturated rings. The van der Waals surface area contributed by atoms with E-state index in [2.05, 4.69) is 0 Å². The second-order valence-corrected chi connectivity index (χ2v) is 9.16. The van der Waals surface area contributed by atoms with E-state index in [1.54, 1.807) is 6.07 Å². The minimum atomic E-state index is -4.21. The van der Waals surface area contributed by atoms with Crippen LogP contribution in [-0.4, -0.2) is 56.1 Å². The highest BCUT2D eigenvalue weighted by atomic mass is 32.2. The third kappa shape index (κ3) is 3.29. The van der Waals surface area contributed by atoms with Crippen molar-refractivity contribution in [1.82, 2.24) is 4.31 Å². The van der Waals surface area contributed by atoms with Crippen LogP contribution in [0.4, 0.5) is 0 Å². The number of ether oxygens (including phenoxy) is 2. The predicted molar refractivity (Wildman–Crippen MR) is 97.0 cm³/mol. The van der Waals surface area contributed by atoms with E-state index in [-0.39, 0.29) is 4.90 Å². The van der Waals surface area contributed by atoms with Crippen molar-refractivity contribution in [1.29, 1.82) is 0 Å². The maximum atomic E-state index is 13.2. The fraction of sp³-hybridized carbons (Fsp3) is 0.556. The van der Waals surface area contributed by atoms with Gasteiger partial charge in [0.2, 0.25) is 10.0 Å². The third-order valence-corrected chi connectivity index (χ3v) is 7.43. The maximum Gasteiger partial charge on any atom is 0.326 e. The molecule has 0 radical (unpaired) electrons. The zero-order valence-electron chi connectivity index (χ0n) is 16.1. The molecule has 0 aromatic heterocycles. The van der Waals surface area contributed by atoms with Crippen molar-refractivity contribution in [2.75, 3.05) is 20.8 Å². The number of nitrogens with zero attached hydrogens (tertiary/aromatic N) is 1. The topological polar surface area (TPSA) is 110 Å². The van der Waals surface area contributed by atoms with Gasteiger partial charge in [-0.15, -0.1) is 0 Å². The van der Waals surface area contributed by atoms with Crippen LogP contribution in [-0.2, 0) is 30.8 Å².